The summed E-state index contributed by atoms with van der Waals surface area (Å²) in [5.74, 6) is -4.88. The Labute approximate surface area is 220 Å². The molecule has 1 aromatic carbocycles. The van der Waals surface area contributed by atoms with Crippen molar-refractivity contribution >= 4 is 11.9 Å². The maximum atomic E-state index is 14.7. The third-order valence-electron chi connectivity index (χ3n) is 6.47. The highest BCUT2D eigenvalue weighted by Crippen LogP contribution is 2.37. The Morgan fingerprint density at radius 3 is 2.64 bits per heavy atom. The SMILES string of the molecule is COc1cccc(-c2cn(C)nc2C(=O)N2CC(F)(F)C[C@@H](C)C2CNc2ncc(C(F)(F)F)c(OC)n2)c1. The number of halogens is 5. The second-order valence-corrected chi connectivity index (χ2v) is 9.33. The Bertz CT molecular complexity index is 1350. The first-order chi connectivity index (χ1) is 18.3. The van der Waals surface area contributed by atoms with E-state index in [-0.39, 0.29) is 18.2 Å². The van der Waals surface area contributed by atoms with Gasteiger partial charge in [-0.3, -0.25) is 9.48 Å². The van der Waals surface area contributed by atoms with Crippen molar-refractivity contribution < 1.29 is 36.2 Å². The van der Waals surface area contributed by atoms with Gasteiger partial charge in [0.05, 0.1) is 26.8 Å². The van der Waals surface area contributed by atoms with Gasteiger partial charge in [0.25, 0.3) is 11.8 Å². The van der Waals surface area contributed by atoms with Gasteiger partial charge in [0, 0.05) is 38.0 Å². The van der Waals surface area contributed by atoms with Crippen molar-refractivity contribution in [3.63, 3.8) is 0 Å². The van der Waals surface area contributed by atoms with Crippen molar-refractivity contribution in [2.24, 2.45) is 13.0 Å². The molecule has 1 unspecified atom stereocenters. The molecule has 0 spiro atoms. The molecule has 0 saturated carbocycles. The van der Waals surface area contributed by atoms with Gasteiger partial charge in [-0.15, -0.1) is 0 Å². The number of piperidine rings is 1. The molecule has 39 heavy (non-hydrogen) atoms. The number of aromatic nitrogens is 4. The number of alkyl halides is 5. The third-order valence-corrected chi connectivity index (χ3v) is 6.47. The zero-order valence-corrected chi connectivity index (χ0v) is 21.6. The minimum atomic E-state index is -4.72. The molecule has 0 bridgehead atoms. The predicted molar refractivity (Wildman–Crippen MR) is 131 cm³/mol. The quantitative estimate of drug-likeness (QED) is 0.430. The van der Waals surface area contributed by atoms with Crippen LogP contribution in [0.1, 0.15) is 29.4 Å². The van der Waals surface area contributed by atoms with Gasteiger partial charge in [-0.1, -0.05) is 19.1 Å². The number of amides is 1. The fraction of sp³-hybridized carbons (Fsp3) is 0.440. The van der Waals surface area contributed by atoms with E-state index in [9.17, 15) is 26.7 Å². The molecule has 3 heterocycles. The van der Waals surface area contributed by atoms with Crippen LogP contribution in [-0.4, -0.2) is 69.8 Å². The number of carbonyl (C=O) groups is 1. The third kappa shape index (κ3) is 6.04. The van der Waals surface area contributed by atoms with Gasteiger partial charge in [-0.05, 0) is 23.6 Å². The summed E-state index contributed by atoms with van der Waals surface area (Å²) in [4.78, 5) is 22.2. The molecule has 1 aliphatic heterocycles. The summed E-state index contributed by atoms with van der Waals surface area (Å²) in [6, 6.07) is 6.15. The van der Waals surface area contributed by atoms with Crippen molar-refractivity contribution in [2.45, 2.75) is 31.5 Å². The Hall–Kier alpha value is -3.97. The number of methoxy groups -OCH3 is 2. The van der Waals surface area contributed by atoms with Crippen molar-refractivity contribution in [1.29, 1.82) is 0 Å². The molecule has 2 aromatic heterocycles. The summed E-state index contributed by atoms with van der Waals surface area (Å²) < 4.78 is 80.3. The number of hydrogen-bond donors (Lipinski definition) is 1. The highest BCUT2D eigenvalue weighted by molar-refractivity contribution is 5.99. The van der Waals surface area contributed by atoms with Crippen LogP contribution in [0.25, 0.3) is 11.1 Å². The number of carbonyl (C=O) groups excluding carboxylic acids is 1. The van der Waals surface area contributed by atoms with E-state index < -0.39 is 54.4 Å². The average molecular weight is 555 g/mol. The largest absolute Gasteiger partial charge is 0.497 e. The van der Waals surface area contributed by atoms with Crippen LogP contribution in [0.15, 0.2) is 36.7 Å². The zero-order chi connectivity index (χ0) is 28.5. The van der Waals surface area contributed by atoms with E-state index >= 15 is 0 Å². The molecule has 0 aliphatic carbocycles. The van der Waals surface area contributed by atoms with Gasteiger partial charge in [0.1, 0.15) is 11.3 Å². The van der Waals surface area contributed by atoms with E-state index in [0.29, 0.717) is 23.1 Å². The monoisotopic (exact) mass is 554 g/mol. The number of nitrogens with zero attached hydrogens (tertiary/aromatic N) is 5. The van der Waals surface area contributed by atoms with E-state index in [0.717, 1.165) is 12.0 Å². The van der Waals surface area contributed by atoms with Gasteiger partial charge in [-0.25, -0.2) is 13.8 Å². The molecule has 1 aliphatic rings. The van der Waals surface area contributed by atoms with Gasteiger partial charge in [0.15, 0.2) is 5.69 Å². The van der Waals surface area contributed by atoms with Crippen LogP contribution in [0.4, 0.5) is 27.9 Å². The first-order valence-electron chi connectivity index (χ1n) is 11.9. The van der Waals surface area contributed by atoms with E-state index in [1.807, 2.05) is 0 Å². The van der Waals surface area contributed by atoms with Crippen molar-refractivity contribution in [3.8, 4) is 22.8 Å². The van der Waals surface area contributed by atoms with Gasteiger partial charge in [-0.2, -0.15) is 23.3 Å². The van der Waals surface area contributed by atoms with E-state index in [4.69, 9.17) is 9.47 Å². The van der Waals surface area contributed by atoms with Crippen LogP contribution in [-0.2, 0) is 13.2 Å². The van der Waals surface area contributed by atoms with E-state index in [1.165, 1.54) is 11.8 Å². The van der Waals surface area contributed by atoms with Crippen LogP contribution in [0.5, 0.6) is 11.6 Å². The summed E-state index contributed by atoms with van der Waals surface area (Å²) in [7, 11) is 4.15. The summed E-state index contributed by atoms with van der Waals surface area (Å²) in [6.07, 6.45) is -3.02. The normalized spacial score (nSPS) is 19.1. The topological polar surface area (TPSA) is 94.4 Å². The van der Waals surface area contributed by atoms with Crippen LogP contribution in [0.2, 0.25) is 0 Å². The summed E-state index contributed by atoms with van der Waals surface area (Å²) in [5.41, 5.74) is -0.126. The number of aryl methyl sites for hydroxylation is 1. The molecule has 2 atom stereocenters. The average Bonchev–Trinajstić information content (AvgIpc) is 3.27. The fourth-order valence-electron chi connectivity index (χ4n) is 4.66. The molecule has 1 saturated heterocycles. The molecule has 1 N–H and O–H groups in total. The Morgan fingerprint density at radius 2 is 1.97 bits per heavy atom. The number of anilines is 1. The molecule has 0 radical (unpaired) electrons. The van der Waals surface area contributed by atoms with Crippen LogP contribution >= 0.6 is 0 Å². The standard InChI is InChI=1S/C25H27F5N6O3/c1-14-9-24(26,27)13-36(19(14)11-32-23-31-10-18(25(28,29)30)21(33-23)39-4)22(37)20-17(12-35(2)34-20)15-6-5-7-16(8-15)38-3/h5-8,10,12,14,19H,9,11,13H2,1-4H3,(H,31,32,33)/t14-,19?/m1/s1. The molecule has 1 fully saturated rings. The number of hydrogen-bond acceptors (Lipinski definition) is 7. The summed E-state index contributed by atoms with van der Waals surface area (Å²) in [5, 5.41) is 7.05. The predicted octanol–water partition coefficient (Wildman–Crippen LogP) is 4.51. The second kappa shape index (κ2) is 10.7. The maximum Gasteiger partial charge on any atom is 0.423 e. The summed E-state index contributed by atoms with van der Waals surface area (Å²) in [6.45, 7) is 0.627. The Kier molecular flexibility index (Phi) is 7.66. The molecule has 1 amide bonds. The van der Waals surface area contributed by atoms with Crippen molar-refractivity contribution in [1.82, 2.24) is 24.6 Å². The van der Waals surface area contributed by atoms with Crippen molar-refractivity contribution in [2.75, 3.05) is 32.6 Å². The maximum absolute atomic E-state index is 14.7. The first-order valence-corrected chi connectivity index (χ1v) is 11.9. The Balaban J connectivity index is 1.64. The number of nitrogens with one attached hydrogen (secondary N) is 1. The number of likely N-dealkylation sites (tertiary alicyclic amines) is 1. The lowest BCUT2D eigenvalue weighted by Gasteiger charge is -2.43. The molecule has 210 valence electrons. The lowest BCUT2D eigenvalue weighted by atomic mass is 9.88. The molecular weight excluding hydrogens is 527 g/mol. The van der Waals surface area contributed by atoms with Crippen LogP contribution in [0, 0.1) is 5.92 Å². The number of rotatable bonds is 7. The molecular formula is C25H27F5N6O3. The van der Waals surface area contributed by atoms with Crippen molar-refractivity contribution in [3.05, 3.63) is 47.9 Å². The minimum absolute atomic E-state index is 0.0203. The minimum Gasteiger partial charge on any atom is -0.497 e. The highest BCUT2D eigenvalue weighted by Gasteiger charge is 2.47. The van der Waals surface area contributed by atoms with Crippen LogP contribution in [0.3, 0.4) is 0 Å². The van der Waals surface area contributed by atoms with E-state index in [1.54, 1.807) is 44.4 Å². The van der Waals surface area contributed by atoms with Gasteiger partial charge < -0.3 is 19.7 Å². The van der Waals surface area contributed by atoms with Gasteiger partial charge >= 0.3 is 6.18 Å². The van der Waals surface area contributed by atoms with Gasteiger partial charge in [0.2, 0.25) is 11.8 Å². The van der Waals surface area contributed by atoms with Crippen LogP contribution < -0.4 is 14.8 Å². The lowest BCUT2D eigenvalue weighted by Crippen LogP contribution is -2.57. The first kappa shape index (κ1) is 28.0. The summed E-state index contributed by atoms with van der Waals surface area (Å²) >= 11 is 0. The van der Waals surface area contributed by atoms with E-state index in [2.05, 4.69) is 20.4 Å². The zero-order valence-electron chi connectivity index (χ0n) is 21.6. The molecule has 14 heteroatoms. The molecule has 9 nitrogen and oxygen atoms in total. The Morgan fingerprint density at radius 1 is 1.23 bits per heavy atom. The fourth-order valence-corrected chi connectivity index (χ4v) is 4.66. The second-order valence-electron chi connectivity index (χ2n) is 9.33. The number of ether oxygens (including phenoxy) is 2. The number of benzene rings is 1. The molecule has 3 aromatic rings. The smallest absolute Gasteiger partial charge is 0.423 e. The lowest BCUT2D eigenvalue weighted by molar-refractivity contribution is -0.139. The molecule has 4 rings (SSSR count). The highest BCUT2D eigenvalue weighted by atomic mass is 19.4.